The van der Waals surface area contributed by atoms with E-state index in [4.69, 9.17) is 16.7 Å². The van der Waals surface area contributed by atoms with Crippen LogP contribution in [-0.2, 0) is 0 Å². The van der Waals surface area contributed by atoms with Crippen molar-refractivity contribution < 1.29 is 14.6 Å². The molecule has 0 aromatic carbocycles. The molecule has 0 bridgehead atoms. The van der Waals surface area contributed by atoms with E-state index in [0.717, 1.165) is 12.3 Å². The van der Waals surface area contributed by atoms with Gasteiger partial charge in [0.25, 0.3) is 0 Å². The van der Waals surface area contributed by atoms with Gasteiger partial charge in [-0.2, -0.15) is 0 Å². The average molecular weight is 206 g/mol. The number of rotatable bonds is 3. The smallest absolute Gasteiger partial charge is 0.141 e. The molecule has 1 heterocycles. The van der Waals surface area contributed by atoms with Crippen molar-refractivity contribution in [1.82, 2.24) is 4.98 Å². The highest BCUT2D eigenvalue weighted by Gasteiger charge is 2.18. The molecule has 72 valence electrons. The lowest BCUT2D eigenvalue weighted by Crippen LogP contribution is -2.20. The van der Waals surface area contributed by atoms with E-state index in [-0.39, 0.29) is 11.6 Å². The van der Waals surface area contributed by atoms with Crippen LogP contribution in [0.15, 0.2) is 18.3 Å². The van der Waals surface area contributed by atoms with Crippen LogP contribution < -0.4 is 0 Å². The summed E-state index contributed by atoms with van der Waals surface area (Å²) in [5.74, 6) is -0.587. The Bertz CT molecular complexity index is 267. The fraction of sp³-hybridized carbons (Fsp3) is 0.375. The van der Waals surface area contributed by atoms with Gasteiger partial charge < -0.3 is 10.2 Å². The third kappa shape index (κ3) is 2.62. The molecule has 0 radical (unpaired) electrons. The van der Waals surface area contributed by atoms with Crippen molar-refractivity contribution in [3.05, 3.63) is 29.8 Å². The molecular formula is C8H9ClFNO2. The number of hydrogen-bond acceptors (Lipinski definition) is 3. The maximum absolute atomic E-state index is 12.4. The summed E-state index contributed by atoms with van der Waals surface area (Å²) in [7, 11) is 0. The molecule has 0 aliphatic carbocycles. The summed E-state index contributed by atoms with van der Waals surface area (Å²) in [5, 5.41) is 18.5. The minimum Gasteiger partial charge on any atom is -0.389 e. The normalized spacial score (nSPS) is 15.4. The van der Waals surface area contributed by atoms with Gasteiger partial charge in [0.15, 0.2) is 0 Å². The van der Waals surface area contributed by atoms with Gasteiger partial charge in [-0.05, 0) is 12.1 Å². The Hall–Kier alpha value is -0.710. The standard InChI is InChI=1S/C8H9ClFNO2/c9-3-7(12)8(13)6-2-1-5(10)4-11-6/h1-2,4,7-8,12-13H,3H2. The zero-order valence-corrected chi connectivity index (χ0v) is 7.45. The summed E-state index contributed by atoms with van der Waals surface area (Å²) in [6.07, 6.45) is -1.28. The number of pyridine rings is 1. The Labute approximate surface area is 79.8 Å². The lowest BCUT2D eigenvalue weighted by molar-refractivity contribution is 0.0299. The van der Waals surface area contributed by atoms with Crippen LogP contribution in [0, 0.1) is 5.82 Å². The van der Waals surface area contributed by atoms with Crippen LogP contribution >= 0.6 is 11.6 Å². The highest BCUT2D eigenvalue weighted by atomic mass is 35.5. The first-order chi connectivity index (χ1) is 6.15. The molecule has 2 unspecified atom stereocenters. The monoisotopic (exact) mass is 205 g/mol. The first-order valence-corrected chi connectivity index (χ1v) is 4.22. The lowest BCUT2D eigenvalue weighted by atomic mass is 10.1. The molecule has 1 rings (SSSR count). The van der Waals surface area contributed by atoms with E-state index < -0.39 is 18.0 Å². The van der Waals surface area contributed by atoms with Gasteiger partial charge in [0.2, 0.25) is 0 Å². The van der Waals surface area contributed by atoms with Crippen molar-refractivity contribution in [2.24, 2.45) is 0 Å². The summed E-state index contributed by atoms with van der Waals surface area (Å²) in [6, 6.07) is 2.46. The van der Waals surface area contributed by atoms with Gasteiger partial charge >= 0.3 is 0 Å². The number of aliphatic hydroxyl groups is 2. The molecule has 1 aromatic rings. The van der Waals surface area contributed by atoms with Gasteiger partial charge in [0, 0.05) is 0 Å². The number of hydrogen-bond donors (Lipinski definition) is 2. The van der Waals surface area contributed by atoms with E-state index in [1.54, 1.807) is 0 Å². The van der Waals surface area contributed by atoms with Crippen molar-refractivity contribution in [3.8, 4) is 0 Å². The maximum Gasteiger partial charge on any atom is 0.141 e. The molecule has 0 saturated carbocycles. The summed E-state index contributed by atoms with van der Waals surface area (Å²) in [4.78, 5) is 3.60. The van der Waals surface area contributed by atoms with E-state index in [0.29, 0.717) is 0 Å². The second-order valence-corrected chi connectivity index (χ2v) is 2.88. The van der Waals surface area contributed by atoms with Gasteiger partial charge in [-0.25, -0.2) is 4.39 Å². The Morgan fingerprint density at radius 2 is 2.15 bits per heavy atom. The van der Waals surface area contributed by atoms with Crippen LogP contribution in [0.5, 0.6) is 0 Å². The molecule has 0 aliphatic rings. The van der Waals surface area contributed by atoms with Crippen molar-refractivity contribution in [2.45, 2.75) is 12.2 Å². The largest absolute Gasteiger partial charge is 0.389 e. The van der Waals surface area contributed by atoms with Crippen LogP contribution in [0.4, 0.5) is 4.39 Å². The zero-order valence-electron chi connectivity index (χ0n) is 6.69. The van der Waals surface area contributed by atoms with Crippen molar-refractivity contribution in [3.63, 3.8) is 0 Å². The number of aromatic nitrogens is 1. The second-order valence-electron chi connectivity index (χ2n) is 2.57. The van der Waals surface area contributed by atoms with Crippen LogP contribution in [0.3, 0.4) is 0 Å². The topological polar surface area (TPSA) is 53.4 Å². The average Bonchev–Trinajstić information content (AvgIpc) is 2.17. The second kappa shape index (κ2) is 4.50. The van der Waals surface area contributed by atoms with E-state index in [9.17, 15) is 9.50 Å². The van der Waals surface area contributed by atoms with Gasteiger partial charge in [0.1, 0.15) is 11.9 Å². The Morgan fingerprint density at radius 3 is 2.62 bits per heavy atom. The fourth-order valence-corrected chi connectivity index (χ4v) is 1.01. The zero-order chi connectivity index (χ0) is 9.84. The molecule has 0 saturated heterocycles. The number of halogens is 2. The minimum atomic E-state index is -1.17. The third-order valence-corrected chi connectivity index (χ3v) is 1.89. The summed E-state index contributed by atoms with van der Waals surface area (Å²) in [5.41, 5.74) is 0.203. The van der Waals surface area contributed by atoms with Gasteiger partial charge in [-0.1, -0.05) is 0 Å². The van der Waals surface area contributed by atoms with E-state index in [1.165, 1.54) is 6.07 Å². The molecule has 0 fully saturated rings. The van der Waals surface area contributed by atoms with Crippen LogP contribution in [0.2, 0.25) is 0 Å². The molecule has 0 aliphatic heterocycles. The number of nitrogens with zero attached hydrogens (tertiary/aromatic N) is 1. The molecule has 13 heavy (non-hydrogen) atoms. The predicted octanol–water partition coefficient (Wildman–Crippen LogP) is 0.854. The molecule has 5 heteroatoms. The number of aliphatic hydroxyl groups excluding tert-OH is 2. The molecule has 0 amide bonds. The number of alkyl halides is 1. The molecule has 2 atom stereocenters. The van der Waals surface area contributed by atoms with Crippen LogP contribution in [0.1, 0.15) is 11.8 Å². The van der Waals surface area contributed by atoms with Gasteiger partial charge in [-0.3, -0.25) is 4.98 Å². The van der Waals surface area contributed by atoms with Crippen LogP contribution in [-0.4, -0.2) is 27.2 Å². The summed E-state index contributed by atoms with van der Waals surface area (Å²) in [6.45, 7) is 0. The van der Waals surface area contributed by atoms with E-state index in [2.05, 4.69) is 4.98 Å². The molecule has 1 aromatic heterocycles. The highest BCUT2D eigenvalue weighted by molar-refractivity contribution is 6.18. The highest BCUT2D eigenvalue weighted by Crippen LogP contribution is 2.15. The van der Waals surface area contributed by atoms with Crippen molar-refractivity contribution in [2.75, 3.05) is 5.88 Å². The van der Waals surface area contributed by atoms with Crippen molar-refractivity contribution in [1.29, 1.82) is 0 Å². The summed E-state index contributed by atoms with van der Waals surface area (Å²) < 4.78 is 12.4. The molecule has 0 spiro atoms. The van der Waals surface area contributed by atoms with Gasteiger partial charge in [-0.15, -0.1) is 11.6 Å². The van der Waals surface area contributed by atoms with Crippen molar-refractivity contribution >= 4 is 11.6 Å². The molecular weight excluding hydrogens is 197 g/mol. The quantitative estimate of drug-likeness (QED) is 0.720. The fourth-order valence-electron chi connectivity index (χ4n) is 0.844. The Morgan fingerprint density at radius 1 is 1.46 bits per heavy atom. The lowest BCUT2D eigenvalue weighted by Gasteiger charge is -2.14. The first-order valence-electron chi connectivity index (χ1n) is 3.68. The predicted molar refractivity (Wildman–Crippen MR) is 45.9 cm³/mol. The molecule has 2 N–H and O–H groups in total. The van der Waals surface area contributed by atoms with Crippen LogP contribution in [0.25, 0.3) is 0 Å². The van der Waals surface area contributed by atoms with E-state index >= 15 is 0 Å². The van der Waals surface area contributed by atoms with Gasteiger partial charge in [0.05, 0.1) is 23.9 Å². The third-order valence-electron chi connectivity index (χ3n) is 1.58. The maximum atomic E-state index is 12.4. The SMILES string of the molecule is OC(CCl)C(O)c1ccc(F)cn1. The molecule has 3 nitrogen and oxygen atoms in total. The van der Waals surface area contributed by atoms with E-state index in [1.807, 2.05) is 0 Å². The first kappa shape index (κ1) is 10.4. The summed E-state index contributed by atoms with van der Waals surface area (Å²) >= 11 is 5.32. The minimum absolute atomic E-state index is 0.0970. The Balaban J connectivity index is 2.77. The Kier molecular flexibility index (Phi) is 3.59.